The number of fused-ring (bicyclic) bond motifs is 1. The van der Waals surface area contributed by atoms with E-state index < -0.39 is 5.97 Å². The molecule has 0 saturated heterocycles. The molecule has 3 rings (SSSR count). The number of aromatic nitrogens is 2. The third-order valence-electron chi connectivity index (χ3n) is 2.94. The van der Waals surface area contributed by atoms with Crippen molar-refractivity contribution in [2.75, 3.05) is 6.79 Å². The number of aromatic hydroxyl groups is 1. The topological polar surface area (TPSA) is 93.8 Å². The summed E-state index contributed by atoms with van der Waals surface area (Å²) < 4.78 is 11.9. The molecular formula is C12H9ClN2O5. The van der Waals surface area contributed by atoms with Crippen LogP contribution in [-0.4, -0.2) is 32.8 Å². The molecule has 104 valence electrons. The number of carbonyl (C=O) groups is 1. The maximum absolute atomic E-state index is 11.0. The van der Waals surface area contributed by atoms with Gasteiger partial charge in [-0.25, -0.2) is 4.79 Å². The maximum atomic E-state index is 11.0. The number of hydrogen-bond acceptors (Lipinski definition) is 5. The quantitative estimate of drug-likeness (QED) is 0.878. The van der Waals surface area contributed by atoms with E-state index in [4.69, 9.17) is 26.2 Å². The lowest BCUT2D eigenvalue weighted by Gasteiger charge is -2.09. The van der Waals surface area contributed by atoms with Gasteiger partial charge >= 0.3 is 5.97 Å². The number of phenols is 1. The van der Waals surface area contributed by atoms with Crippen molar-refractivity contribution in [3.8, 4) is 28.5 Å². The summed E-state index contributed by atoms with van der Waals surface area (Å²) in [5.41, 5.74) is 0.478. The van der Waals surface area contributed by atoms with Gasteiger partial charge in [0, 0.05) is 13.1 Å². The Hall–Kier alpha value is -2.41. The van der Waals surface area contributed by atoms with E-state index in [9.17, 15) is 9.90 Å². The largest absolute Gasteiger partial charge is 0.506 e. The molecule has 0 atom stereocenters. The average Bonchev–Trinajstić information content (AvgIpc) is 2.98. The summed E-state index contributed by atoms with van der Waals surface area (Å²) >= 11 is 5.94. The Morgan fingerprint density at radius 2 is 2.20 bits per heavy atom. The molecule has 20 heavy (non-hydrogen) atoms. The minimum Gasteiger partial charge on any atom is -0.506 e. The number of aromatic carboxylic acids is 1. The van der Waals surface area contributed by atoms with Gasteiger partial charge in [-0.05, 0) is 6.07 Å². The van der Waals surface area contributed by atoms with Crippen LogP contribution in [0.25, 0.3) is 11.3 Å². The zero-order valence-corrected chi connectivity index (χ0v) is 11.0. The van der Waals surface area contributed by atoms with Gasteiger partial charge in [0.15, 0.2) is 17.2 Å². The van der Waals surface area contributed by atoms with E-state index in [1.54, 1.807) is 7.05 Å². The summed E-state index contributed by atoms with van der Waals surface area (Å²) in [5.74, 6) is -0.675. The van der Waals surface area contributed by atoms with Gasteiger partial charge in [0.2, 0.25) is 6.79 Å². The minimum absolute atomic E-state index is 0.00571. The molecule has 0 saturated carbocycles. The first-order valence-electron chi connectivity index (χ1n) is 5.58. The molecule has 0 unspecified atom stereocenters. The van der Waals surface area contributed by atoms with Gasteiger partial charge < -0.3 is 19.7 Å². The molecule has 2 aromatic rings. The Morgan fingerprint density at radius 3 is 2.85 bits per heavy atom. The maximum Gasteiger partial charge on any atom is 0.356 e. The number of halogens is 1. The highest BCUT2D eigenvalue weighted by molar-refractivity contribution is 6.32. The van der Waals surface area contributed by atoms with Crippen molar-refractivity contribution in [3.63, 3.8) is 0 Å². The fraction of sp³-hybridized carbons (Fsp3) is 0.167. The Labute approximate surface area is 117 Å². The van der Waals surface area contributed by atoms with Gasteiger partial charge in [0.05, 0.1) is 16.3 Å². The molecule has 0 radical (unpaired) electrons. The Bertz CT molecular complexity index is 725. The first-order chi connectivity index (χ1) is 9.49. The summed E-state index contributed by atoms with van der Waals surface area (Å²) in [6, 6.07) is 2.77. The molecule has 0 spiro atoms. The number of carboxylic acid groups (broad SMARTS) is 1. The van der Waals surface area contributed by atoms with E-state index in [0.717, 1.165) is 0 Å². The van der Waals surface area contributed by atoms with Gasteiger partial charge in [-0.15, -0.1) is 0 Å². The summed E-state index contributed by atoms with van der Waals surface area (Å²) in [6.45, 7) is 0.00571. The van der Waals surface area contributed by atoms with Gasteiger partial charge in [0.1, 0.15) is 5.75 Å². The summed E-state index contributed by atoms with van der Waals surface area (Å²) in [7, 11) is 1.56. The molecule has 1 aliphatic heterocycles. The van der Waals surface area contributed by atoms with Gasteiger partial charge in [0.25, 0.3) is 0 Å². The van der Waals surface area contributed by atoms with Crippen LogP contribution in [0.1, 0.15) is 10.5 Å². The van der Waals surface area contributed by atoms with E-state index in [0.29, 0.717) is 17.2 Å². The van der Waals surface area contributed by atoms with Crippen molar-refractivity contribution in [1.29, 1.82) is 0 Å². The third kappa shape index (κ3) is 1.75. The number of rotatable bonds is 2. The van der Waals surface area contributed by atoms with E-state index >= 15 is 0 Å². The number of benzene rings is 1. The Kier molecular flexibility index (Phi) is 2.72. The van der Waals surface area contributed by atoms with Crippen LogP contribution in [0.5, 0.6) is 17.2 Å². The molecule has 8 heteroatoms. The van der Waals surface area contributed by atoms with Crippen LogP contribution in [0.2, 0.25) is 5.02 Å². The molecule has 1 aromatic carbocycles. The van der Waals surface area contributed by atoms with Crippen LogP contribution in [0, 0.1) is 0 Å². The first kappa shape index (κ1) is 12.6. The molecule has 0 amide bonds. The lowest BCUT2D eigenvalue weighted by molar-refractivity contribution is 0.0689. The van der Waals surface area contributed by atoms with Crippen molar-refractivity contribution in [1.82, 2.24) is 9.78 Å². The van der Waals surface area contributed by atoms with E-state index in [1.807, 2.05) is 0 Å². The predicted molar refractivity (Wildman–Crippen MR) is 68.4 cm³/mol. The van der Waals surface area contributed by atoms with Crippen molar-refractivity contribution in [2.45, 2.75) is 0 Å². The fourth-order valence-electron chi connectivity index (χ4n) is 2.04. The van der Waals surface area contributed by atoms with E-state index in [2.05, 4.69) is 5.10 Å². The highest BCUT2D eigenvalue weighted by Crippen LogP contribution is 2.50. The van der Waals surface area contributed by atoms with Crippen LogP contribution >= 0.6 is 11.6 Å². The second-order valence-electron chi connectivity index (χ2n) is 4.16. The van der Waals surface area contributed by atoms with E-state index in [-0.39, 0.29) is 28.8 Å². The van der Waals surface area contributed by atoms with Crippen molar-refractivity contribution >= 4 is 17.6 Å². The molecule has 1 aliphatic rings. The van der Waals surface area contributed by atoms with Crippen LogP contribution < -0.4 is 9.47 Å². The van der Waals surface area contributed by atoms with Crippen LogP contribution in [-0.2, 0) is 7.05 Å². The summed E-state index contributed by atoms with van der Waals surface area (Å²) in [4.78, 5) is 11.0. The number of phenolic OH excluding ortho intramolecular Hbond substituents is 1. The number of ether oxygens (including phenoxy) is 2. The minimum atomic E-state index is -1.16. The standard InChI is InChI=1S/C12H9ClN2O5/c1-15-7(3-6(14-15)12(17)18)9-10(16)5(13)2-8-11(9)20-4-19-8/h2-3,16H,4H2,1H3,(H,17,18). The second-order valence-corrected chi connectivity index (χ2v) is 4.57. The predicted octanol–water partition coefficient (Wildman–Crippen LogP) is 1.87. The molecule has 0 fully saturated rings. The lowest BCUT2D eigenvalue weighted by atomic mass is 10.1. The van der Waals surface area contributed by atoms with Crippen molar-refractivity contribution in [3.05, 3.63) is 22.8 Å². The van der Waals surface area contributed by atoms with Crippen LogP contribution in [0.4, 0.5) is 0 Å². The smallest absolute Gasteiger partial charge is 0.356 e. The second kappa shape index (κ2) is 4.31. The number of aryl methyl sites for hydroxylation is 1. The fourth-order valence-corrected chi connectivity index (χ4v) is 2.24. The molecule has 2 N–H and O–H groups in total. The Morgan fingerprint density at radius 1 is 1.45 bits per heavy atom. The summed E-state index contributed by atoms with van der Waals surface area (Å²) in [5, 5.41) is 23.0. The lowest BCUT2D eigenvalue weighted by Crippen LogP contribution is -1.99. The molecule has 1 aromatic heterocycles. The van der Waals surface area contributed by atoms with Crippen LogP contribution in [0.3, 0.4) is 0 Å². The normalized spacial score (nSPS) is 12.7. The molecule has 7 nitrogen and oxygen atoms in total. The average molecular weight is 297 g/mol. The SMILES string of the molecule is Cn1nc(C(=O)O)cc1-c1c(O)c(Cl)cc2c1OCO2. The number of nitrogens with zero attached hydrogens (tertiary/aromatic N) is 2. The molecule has 0 bridgehead atoms. The van der Waals surface area contributed by atoms with Crippen molar-refractivity contribution in [2.24, 2.45) is 7.05 Å². The Balaban J connectivity index is 2.27. The van der Waals surface area contributed by atoms with Gasteiger partial charge in [-0.1, -0.05) is 11.6 Å². The monoisotopic (exact) mass is 296 g/mol. The highest BCUT2D eigenvalue weighted by Gasteiger charge is 2.27. The van der Waals surface area contributed by atoms with Gasteiger partial charge in [-0.2, -0.15) is 5.10 Å². The van der Waals surface area contributed by atoms with Crippen molar-refractivity contribution < 1.29 is 24.5 Å². The zero-order chi connectivity index (χ0) is 14.4. The number of hydrogen-bond donors (Lipinski definition) is 2. The zero-order valence-electron chi connectivity index (χ0n) is 10.3. The number of carboxylic acids is 1. The summed E-state index contributed by atoms with van der Waals surface area (Å²) in [6.07, 6.45) is 0. The van der Waals surface area contributed by atoms with Gasteiger partial charge in [-0.3, -0.25) is 4.68 Å². The molecular weight excluding hydrogens is 288 g/mol. The van der Waals surface area contributed by atoms with Crippen LogP contribution in [0.15, 0.2) is 12.1 Å². The molecule has 0 aliphatic carbocycles. The highest BCUT2D eigenvalue weighted by atomic mass is 35.5. The van der Waals surface area contributed by atoms with E-state index in [1.165, 1.54) is 16.8 Å². The first-order valence-corrected chi connectivity index (χ1v) is 5.95. The third-order valence-corrected chi connectivity index (χ3v) is 3.23. The molecule has 2 heterocycles.